The minimum Gasteiger partial charge on any atom is -0.299 e. The second kappa shape index (κ2) is 8.10. The van der Waals surface area contributed by atoms with Gasteiger partial charge in [0.1, 0.15) is 10.8 Å². The van der Waals surface area contributed by atoms with Crippen LogP contribution in [0.5, 0.6) is 0 Å². The first kappa shape index (κ1) is 18.0. The van der Waals surface area contributed by atoms with E-state index in [1.165, 1.54) is 11.3 Å². The van der Waals surface area contributed by atoms with Gasteiger partial charge in [-0.25, -0.2) is 0 Å². The van der Waals surface area contributed by atoms with E-state index in [9.17, 15) is 4.79 Å². The van der Waals surface area contributed by atoms with Crippen LogP contribution in [0.25, 0.3) is 5.65 Å². The Morgan fingerprint density at radius 2 is 2.07 bits per heavy atom. The standard InChI is InChI=1S/C18H23N7OS/c1-2-5-16-21-23-18(27-16)19-15(26)12-24-10-7-13(8-11-24)17-22-20-14-6-3-4-9-25(14)17/h3-4,6,9,13H,2,5,7-8,10-12H2,1H3,(H,19,23,26). The summed E-state index contributed by atoms with van der Waals surface area (Å²) in [6, 6.07) is 5.94. The molecular formula is C18H23N7OS. The number of likely N-dealkylation sites (tertiary alicyclic amines) is 1. The highest BCUT2D eigenvalue weighted by atomic mass is 32.1. The maximum atomic E-state index is 12.3. The van der Waals surface area contributed by atoms with E-state index in [4.69, 9.17) is 0 Å². The highest BCUT2D eigenvalue weighted by Gasteiger charge is 2.25. The van der Waals surface area contributed by atoms with E-state index in [0.717, 1.165) is 55.3 Å². The van der Waals surface area contributed by atoms with Crippen LogP contribution in [-0.2, 0) is 11.2 Å². The van der Waals surface area contributed by atoms with Crippen LogP contribution >= 0.6 is 11.3 Å². The van der Waals surface area contributed by atoms with Crippen molar-refractivity contribution in [2.24, 2.45) is 0 Å². The Bertz CT molecular complexity index is 913. The fourth-order valence-corrected chi connectivity index (χ4v) is 4.33. The molecule has 1 aliphatic rings. The number of fused-ring (bicyclic) bond motifs is 1. The molecule has 0 unspecified atom stereocenters. The third kappa shape index (κ3) is 4.14. The second-order valence-electron chi connectivity index (χ2n) is 6.84. The van der Waals surface area contributed by atoms with Gasteiger partial charge in [0.25, 0.3) is 0 Å². The molecule has 4 rings (SSSR count). The molecule has 8 nitrogen and oxygen atoms in total. The number of aromatic nitrogens is 5. The van der Waals surface area contributed by atoms with E-state index < -0.39 is 0 Å². The number of hydrogen-bond donors (Lipinski definition) is 1. The van der Waals surface area contributed by atoms with Crippen LogP contribution < -0.4 is 5.32 Å². The molecule has 0 radical (unpaired) electrons. The largest absolute Gasteiger partial charge is 0.299 e. The summed E-state index contributed by atoms with van der Waals surface area (Å²) in [6.45, 7) is 4.23. The number of anilines is 1. The quantitative estimate of drug-likeness (QED) is 0.701. The summed E-state index contributed by atoms with van der Waals surface area (Å²) in [7, 11) is 0. The number of hydrogen-bond acceptors (Lipinski definition) is 7. The molecule has 3 aromatic rings. The van der Waals surface area contributed by atoms with Gasteiger partial charge in [-0.15, -0.1) is 20.4 Å². The Morgan fingerprint density at radius 1 is 1.22 bits per heavy atom. The third-order valence-corrected chi connectivity index (χ3v) is 5.74. The van der Waals surface area contributed by atoms with Crippen molar-refractivity contribution in [2.45, 2.75) is 38.5 Å². The lowest BCUT2D eigenvalue weighted by Gasteiger charge is -2.30. The van der Waals surface area contributed by atoms with Gasteiger partial charge in [0, 0.05) is 18.5 Å². The smallest absolute Gasteiger partial charge is 0.240 e. The van der Waals surface area contributed by atoms with Gasteiger partial charge in [0.15, 0.2) is 5.65 Å². The van der Waals surface area contributed by atoms with Crippen LogP contribution in [-0.4, -0.2) is 55.2 Å². The Morgan fingerprint density at radius 3 is 2.89 bits per heavy atom. The summed E-state index contributed by atoms with van der Waals surface area (Å²) in [4.78, 5) is 14.5. The molecule has 0 saturated carbocycles. The van der Waals surface area contributed by atoms with Crippen molar-refractivity contribution < 1.29 is 4.79 Å². The van der Waals surface area contributed by atoms with Crippen LogP contribution in [0.15, 0.2) is 24.4 Å². The molecule has 0 aromatic carbocycles. The van der Waals surface area contributed by atoms with E-state index in [0.29, 0.717) is 17.6 Å². The van der Waals surface area contributed by atoms with E-state index >= 15 is 0 Å². The van der Waals surface area contributed by atoms with Crippen LogP contribution in [0.4, 0.5) is 5.13 Å². The minimum absolute atomic E-state index is 0.0272. The maximum Gasteiger partial charge on any atom is 0.240 e. The predicted octanol–water partition coefficient (Wildman–Crippen LogP) is 2.35. The van der Waals surface area contributed by atoms with E-state index in [-0.39, 0.29) is 5.91 Å². The second-order valence-corrected chi connectivity index (χ2v) is 7.90. The first-order valence-electron chi connectivity index (χ1n) is 9.37. The number of pyridine rings is 1. The third-order valence-electron chi connectivity index (χ3n) is 4.84. The average Bonchev–Trinajstić information content (AvgIpc) is 3.29. The lowest BCUT2D eigenvalue weighted by Crippen LogP contribution is -2.39. The zero-order valence-electron chi connectivity index (χ0n) is 15.3. The zero-order chi connectivity index (χ0) is 18.6. The lowest BCUT2D eigenvalue weighted by molar-refractivity contribution is -0.117. The van der Waals surface area contributed by atoms with Gasteiger partial charge in [0.05, 0.1) is 6.54 Å². The average molecular weight is 385 g/mol. The highest BCUT2D eigenvalue weighted by Crippen LogP contribution is 2.27. The fourth-order valence-electron chi connectivity index (χ4n) is 3.47. The molecule has 1 amide bonds. The summed E-state index contributed by atoms with van der Waals surface area (Å²) in [5.74, 6) is 1.37. The van der Waals surface area contributed by atoms with Gasteiger partial charge in [-0.1, -0.05) is 24.3 Å². The van der Waals surface area contributed by atoms with E-state index in [2.05, 4.69) is 41.9 Å². The summed E-state index contributed by atoms with van der Waals surface area (Å²) in [6.07, 6.45) is 5.89. The highest BCUT2D eigenvalue weighted by molar-refractivity contribution is 7.15. The molecule has 1 aliphatic heterocycles. The van der Waals surface area contributed by atoms with Gasteiger partial charge < -0.3 is 0 Å². The van der Waals surface area contributed by atoms with Gasteiger partial charge in [-0.3, -0.25) is 19.4 Å². The lowest BCUT2D eigenvalue weighted by atomic mass is 9.96. The van der Waals surface area contributed by atoms with Gasteiger partial charge >= 0.3 is 0 Å². The molecule has 1 saturated heterocycles. The van der Waals surface area contributed by atoms with Gasteiger partial charge in [-0.2, -0.15) is 0 Å². The maximum absolute atomic E-state index is 12.3. The van der Waals surface area contributed by atoms with Crippen molar-refractivity contribution >= 4 is 28.0 Å². The number of nitrogens with zero attached hydrogens (tertiary/aromatic N) is 6. The van der Waals surface area contributed by atoms with Crippen molar-refractivity contribution in [3.8, 4) is 0 Å². The Hall–Kier alpha value is -2.39. The number of aryl methyl sites for hydroxylation is 1. The van der Waals surface area contributed by atoms with E-state index in [1.807, 2.05) is 24.4 Å². The molecule has 1 fully saturated rings. The topological polar surface area (TPSA) is 88.3 Å². The number of piperidine rings is 1. The molecule has 9 heteroatoms. The first-order valence-corrected chi connectivity index (χ1v) is 10.2. The summed E-state index contributed by atoms with van der Waals surface area (Å²) >= 11 is 1.46. The molecular weight excluding hydrogens is 362 g/mol. The van der Waals surface area contributed by atoms with Crippen LogP contribution in [0, 0.1) is 0 Å². The van der Waals surface area contributed by atoms with Crippen molar-refractivity contribution in [1.29, 1.82) is 0 Å². The fraction of sp³-hybridized carbons (Fsp3) is 0.500. The number of carbonyl (C=O) groups is 1. The molecule has 0 bridgehead atoms. The number of amides is 1. The molecule has 0 atom stereocenters. The van der Waals surface area contributed by atoms with Crippen LogP contribution in [0.1, 0.15) is 42.9 Å². The summed E-state index contributed by atoms with van der Waals surface area (Å²) in [5, 5.41) is 21.2. The Labute approximate surface area is 161 Å². The molecule has 0 aliphatic carbocycles. The molecule has 4 heterocycles. The van der Waals surface area contributed by atoms with Crippen molar-refractivity contribution in [3.63, 3.8) is 0 Å². The van der Waals surface area contributed by atoms with Crippen LogP contribution in [0.2, 0.25) is 0 Å². The summed E-state index contributed by atoms with van der Waals surface area (Å²) in [5.41, 5.74) is 0.883. The number of rotatable bonds is 6. The molecule has 0 spiro atoms. The molecule has 142 valence electrons. The first-order chi connectivity index (χ1) is 13.2. The van der Waals surface area contributed by atoms with Crippen molar-refractivity contribution in [1.82, 2.24) is 29.7 Å². The van der Waals surface area contributed by atoms with Gasteiger partial charge in [-0.05, 0) is 44.5 Å². The summed E-state index contributed by atoms with van der Waals surface area (Å²) < 4.78 is 2.07. The normalized spacial score (nSPS) is 16.0. The van der Waals surface area contributed by atoms with Crippen molar-refractivity contribution in [3.05, 3.63) is 35.2 Å². The Kier molecular flexibility index (Phi) is 5.40. The van der Waals surface area contributed by atoms with E-state index in [1.54, 1.807) is 0 Å². The minimum atomic E-state index is -0.0272. The molecule has 1 N–H and O–H groups in total. The number of carbonyl (C=O) groups excluding carboxylic acids is 1. The molecule has 27 heavy (non-hydrogen) atoms. The predicted molar refractivity (Wildman–Crippen MR) is 104 cm³/mol. The molecule has 3 aromatic heterocycles. The number of nitrogens with one attached hydrogen (secondary N) is 1. The Balaban J connectivity index is 1.29. The van der Waals surface area contributed by atoms with Gasteiger partial charge in [0.2, 0.25) is 11.0 Å². The zero-order valence-corrected chi connectivity index (χ0v) is 16.2. The monoisotopic (exact) mass is 385 g/mol. The van der Waals surface area contributed by atoms with Crippen molar-refractivity contribution in [2.75, 3.05) is 25.0 Å². The SMILES string of the molecule is CCCc1nnc(NC(=O)CN2CCC(c3nnc4ccccn34)CC2)s1. The van der Waals surface area contributed by atoms with Crippen LogP contribution in [0.3, 0.4) is 0 Å².